The van der Waals surface area contributed by atoms with E-state index in [0.29, 0.717) is 35.3 Å². The molecule has 0 fully saturated rings. The van der Waals surface area contributed by atoms with E-state index in [2.05, 4.69) is 194 Å². The van der Waals surface area contributed by atoms with Gasteiger partial charge < -0.3 is 9.84 Å². The lowest BCUT2D eigenvalue weighted by atomic mass is 9.91. The molecule has 6 aromatic rings. The zero-order chi connectivity index (χ0) is 47.9. The molecule has 6 rings (SSSR count). The first-order chi connectivity index (χ1) is 30.6. The van der Waals surface area contributed by atoms with E-state index in [-0.39, 0.29) is 101 Å². The van der Waals surface area contributed by atoms with Crippen molar-refractivity contribution in [1.82, 2.24) is 4.98 Å². The molecule has 5 unspecified atom stereocenters. The molecule has 4 nitrogen and oxygen atoms in total. The van der Waals surface area contributed by atoms with Crippen LogP contribution < -0.4 is 0 Å². The van der Waals surface area contributed by atoms with E-state index in [1.165, 1.54) is 71.4 Å². The Morgan fingerprint density at radius 3 is 1.03 bits per heavy atom. The average Bonchev–Trinajstić information content (AvgIpc) is 3.36. The number of fused-ring (bicyclic) bond motifs is 1. The Hall–Kier alpha value is -5.22. The van der Waals surface area contributed by atoms with Crippen LogP contribution in [0, 0.1) is 5.41 Å². The molecule has 76 heavy (non-hydrogen) atoms. The average molecular weight is 1060 g/mol. The second kappa shape index (κ2) is 57.5. The van der Waals surface area contributed by atoms with Crippen molar-refractivity contribution in [2.24, 2.45) is 5.41 Å². The molecular weight excluding hydrogens is 927 g/mol. The molecule has 0 saturated carbocycles. The summed E-state index contributed by atoms with van der Waals surface area (Å²) in [5.74, 6) is 3.56. The summed E-state index contributed by atoms with van der Waals surface area (Å²) in [5, 5.41) is 11.7. The van der Waals surface area contributed by atoms with Crippen LogP contribution in [0.3, 0.4) is 0 Å². The van der Waals surface area contributed by atoms with Crippen LogP contribution in [0.5, 0.6) is 5.75 Å². The van der Waals surface area contributed by atoms with Crippen LogP contribution in [0.1, 0.15) is 275 Å². The van der Waals surface area contributed by atoms with Gasteiger partial charge >= 0.3 is 5.97 Å². The Morgan fingerprint density at radius 1 is 0.421 bits per heavy atom. The lowest BCUT2D eigenvalue weighted by Crippen LogP contribution is -2.24. The monoisotopic (exact) mass is 1060 g/mol. The predicted molar refractivity (Wildman–Crippen MR) is 360 cm³/mol. The predicted octanol–water partition coefficient (Wildman–Crippen LogP) is 25.5. The number of phenolic OH excluding ortho intramolecular Hbond substituents is 1. The number of carbonyl (C=O) groups is 1. The van der Waals surface area contributed by atoms with Gasteiger partial charge in [-0.3, -0.25) is 9.78 Å². The molecule has 1 heterocycles. The van der Waals surface area contributed by atoms with Gasteiger partial charge in [-0.05, 0) is 145 Å². The summed E-state index contributed by atoms with van der Waals surface area (Å²) in [4.78, 5) is 14.8. The number of nitrogens with zero attached hydrogens (tertiary/aromatic N) is 1. The second-order valence-corrected chi connectivity index (χ2v) is 17.6. The molecule has 0 bridgehead atoms. The van der Waals surface area contributed by atoms with Crippen molar-refractivity contribution in [2.75, 3.05) is 7.11 Å². The molecule has 0 spiro atoms. The molecule has 444 valence electrons. The number of hydrogen-bond acceptors (Lipinski definition) is 4. The third-order valence-electron chi connectivity index (χ3n) is 12.5. The molecule has 0 radical (unpaired) electrons. The summed E-state index contributed by atoms with van der Waals surface area (Å²) in [6, 6.07) is 48.2. The minimum atomic E-state index is -0.311. The summed E-state index contributed by atoms with van der Waals surface area (Å²) in [6.07, 6.45) is 10.5. The maximum Gasteiger partial charge on any atom is 0.311 e. The van der Waals surface area contributed by atoms with Gasteiger partial charge in [0, 0.05) is 12.4 Å². The molecule has 0 aliphatic carbocycles. The number of aromatic hydroxyl groups is 1. The number of esters is 1. The van der Waals surface area contributed by atoms with Gasteiger partial charge in [-0.1, -0.05) is 281 Å². The van der Waals surface area contributed by atoms with Crippen molar-refractivity contribution in [3.63, 3.8) is 0 Å². The van der Waals surface area contributed by atoms with Crippen molar-refractivity contribution in [3.05, 3.63) is 180 Å². The van der Waals surface area contributed by atoms with E-state index < -0.39 is 0 Å². The smallest absolute Gasteiger partial charge is 0.311 e. The first kappa shape index (κ1) is 99.8. The van der Waals surface area contributed by atoms with Crippen LogP contribution in [-0.2, 0) is 9.53 Å². The molecule has 4 heteroatoms. The van der Waals surface area contributed by atoms with Gasteiger partial charge in [0.1, 0.15) is 5.75 Å². The van der Waals surface area contributed by atoms with Crippen LogP contribution in [0.25, 0.3) is 10.8 Å². The summed E-state index contributed by atoms with van der Waals surface area (Å²) in [6.45, 7) is 28.0. The fraction of sp³-hybridized carbons (Fsp3) is 0.528. The van der Waals surface area contributed by atoms with Gasteiger partial charge in [-0.25, -0.2) is 0 Å². The maximum absolute atomic E-state index is 10.8. The SMILES string of the molecule is C.C.C.C.C.C.C.C.C.C.C.C.CCC(C)(C)C(=O)OC.CCC(C)c1ccc(O)cc1.CCC(C)c1ccc2ccccc2c1.CCC(C)c1ccccc1.CCC(C)c1ccccc1.CCC(C)c1ccncc1. The van der Waals surface area contributed by atoms with Gasteiger partial charge in [0.2, 0.25) is 0 Å². The van der Waals surface area contributed by atoms with E-state index in [0.717, 1.165) is 12.8 Å². The van der Waals surface area contributed by atoms with Crippen LogP contribution in [0.4, 0.5) is 0 Å². The van der Waals surface area contributed by atoms with Crippen molar-refractivity contribution >= 4 is 16.7 Å². The Labute approximate surface area is 479 Å². The highest BCUT2D eigenvalue weighted by atomic mass is 16.5. The first-order valence-corrected chi connectivity index (χ1v) is 24.0. The Bertz CT molecular complexity index is 1940. The minimum Gasteiger partial charge on any atom is -0.508 e. The van der Waals surface area contributed by atoms with E-state index >= 15 is 0 Å². The van der Waals surface area contributed by atoms with Gasteiger partial charge in [0.05, 0.1) is 12.5 Å². The Balaban J connectivity index is -0.0000000630. The van der Waals surface area contributed by atoms with Crippen molar-refractivity contribution < 1.29 is 14.6 Å². The van der Waals surface area contributed by atoms with Gasteiger partial charge in [-0.15, -0.1) is 0 Å². The van der Waals surface area contributed by atoms with E-state index in [4.69, 9.17) is 5.11 Å². The number of pyridine rings is 1. The fourth-order valence-corrected chi connectivity index (χ4v) is 6.17. The van der Waals surface area contributed by atoms with Crippen LogP contribution in [0.15, 0.2) is 152 Å². The second-order valence-electron chi connectivity index (χ2n) is 17.6. The van der Waals surface area contributed by atoms with E-state index in [1.807, 2.05) is 45.3 Å². The van der Waals surface area contributed by atoms with Crippen molar-refractivity contribution in [3.8, 4) is 5.75 Å². The highest BCUT2D eigenvalue weighted by molar-refractivity contribution is 5.83. The van der Waals surface area contributed by atoms with Crippen molar-refractivity contribution in [2.45, 2.75) is 247 Å². The number of methoxy groups -OCH3 is 1. The summed E-state index contributed by atoms with van der Waals surface area (Å²) < 4.78 is 4.57. The molecule has 0 amide bonds. The number of phenols is 1. The highest BCUT2D eigenvalue weighted by Gasteiger charge is 2.25. The zero-order valence-electron chi connectivity index (χ0n) is 42.3. The first-order valence-electron chi connectivity index (χ1n) is 24.0. The van der Waals surface area contributed by atoms with Gasteiger partial charge in [0.25, 0.3) is 0 Å². The highest BCUT2D eigenvalue weighted by Crippen LogP contribution is 2.24. The van der Waals surface area contributed by atoms with Gasteiger partial charge in [-0.2, -0.15) is 0 Å². The number of carbonyl (C=O) groups excluding carboxylic acids is 1. The molecule has 1 aromatic heterocycles. The lowest BCUT2D eigenvalue weighted by Gasteiger charge is -2.17. The Morgan fingerprint density at radius 2 is 0.711 bits per heavy atom. The maximum atomic E-state index is 10.8. The molecule has 5 atom stereocenters. The Kier molecular flexibility index (Phi) is 75.4. The van der Waals surface area contributed by atoms with Crippen molar-refractivity contribution in [1.29, 1.82) is 0 Å². The number of rotatable bonds is 12. The molecular formula is C72H133NO3. The van der Waals surface area contributed by atoms with Crippen LogP contribution in [0.2, 0.25) is 0 Å². The topological polar surface area (TPSA) is 59.4 Å². The third-order valence-corrected chi connectivity index (χ3v) is 12.5. The molecule has 1 N–H and O–H groups in total. The number of ether oxygens (including phenoxy) is 1. The minimum absolute atomic E-state index is 0. The quantitative estimate of drug-likeness (QED) is 0.124. The van der Waals surface area contributed by atoms with Crippen LogP contribution >= 0.6 is 0 Å². The number of hydrogen-bond donors (Lipinski definition) is 1. The van der Waals surface area contributed by atoms with E-state index in [1.54, 1.807) is 12.1 Å². The normalized spacial score (nSPS) is 10.7. The number of benzene rings is 5. The van der Waals surface area contributed by atoms with E-state index in [9.17, 15) is 4.79 Å². The molecule has 0 saturated heterocycles. The molecule has 5 aromatic carbocycles. The summed E-state index contributed by atoms with van der Waals surface area (Å²) >= 11 is 0. The van der Waals surface area contributed by atoms with Gasteiger partial charge in [0.15, 0.2) is 0 Å². The summed E-state index contributed by atoms with van der Waals surface area (Å²) in [5.41, 5.74) is 6.72. The molecule has 0 aliphatic rings. The zero-order valence-corrected chi connectivity index (χ0v) is 42.3. The summed E-state index contributed by atoms with van der Waals surface area (Å²) in [7, 11) is 1.42. The largest absolute Gasteiger partial charge is 0.508 e. The van der Waals surface area contributed by atoms with Crippen LogP contribution in [-0.4, -0.2) is 23.2 Å². The number of aromatic nitrogens is 1. The molecule has 0 aliphatic heterocycles. The lowest BCUT2D eigenvalue weighted by molar-refractivity contribution is -0.150. The fourth-order valence-electron chi connectivity index (χ4n) is 6.17. The standard InChI is InChI=1S/C14H16.C10H14O.2C10H14.C9H13N.C7H14O2.12CH4/c1-3-11(2)13-9-8-12-6-4-5-7-14(12)10-13;1-3-8(2)9-4-6-10(11)7-5-9;2*1-3-9(2)10-7-5-4-6-8-10;1-3-8(2)9-4-6-10-7-5-9;1-5-7(2,3)6(8)9-4;;;;;;;;;;;;/h4-11H,3H2,1-2H3;4-8,11H,3H2,1-2H3;2*4-9H,3H2,1-2H3;4-8H,3H2,1-2H3;5H2,1-4H3;12*1H4. The third kappa shape index (κ3) is 39.2.